The van der Waals surface area contributed by atoms with Gasteiger partial charge >= 0.3 is 5.97 Å². The highest BCUT2D eigenvalue weighted by atomic mass is 79.9. The summed E-state index contributed by atoms with van der Waals surface area (Å²) in [5, 5.41) is 3.39. The van der Waals surface area contributed by atoms with Gasteiger partial charge in [-0.3, -0.25) is 0 Å². The summed E-state index contributed by atoms with van der Waals surface area (Å²) in [6, 6.07) is 10.8. The van der Waals surface area contributed by atoms with Gasteiger partial charge < -0.3 is 10.1 Å². The average molecular weight is 402 g/mol. The number of hydrogen-bond acceptors (Lipinski definition) is 3. The maximum atomic E-state index is 14.5. The van der Waals surface area contributed by atoms with E-state index in [0.29, 0.717) is 17.2 Å². The molecule has 0 radical (unpaired) electrons. The Hall–Kier alpha value is -2.14. The number of ether oxygens (including phenoxy) is 1. The third-order valence-corrected chi connectivity index (χ3v) is 5.53. The van der Waals surface area contributed by atoms with Crippen LogP contribution in [0.1, 0.15) is 39.9 Å². The minimum absolute atomic E-state index is 0.00475. The second-order valence-electron chi connectivity index (χ2n) is 6.44. The molecule has 1 heterocycles. The van der Waals surface area contributed by atoms with Crippen molar-refractivity contribution in [2.75, 3.05) is 12.4 Å². The van der Waals surface area contributed by atoms with Crippen LogP contribution in [0.3, 0.4) is 0 Å². The maximum absolute atomic E-state index is 14.5. The summed E-state index contributed by atoms with van der Waals surface area (Å²) in [6.45, 7) is 0. The summed E-state index contributed by atoms with van der Waals surface area (Å²) in [6.07, 6.45) is 5.28. The number of esters is 1. The highest BCUT2D eigenvalue weighted by Crippen LogP contribution is 2.51. The fourth-order valence-electron chi connectivity index (χ4n) is 3.90. The van der Waals surface area contributed by atoms with Crippen molar-refractivity contribution in [3.05, 3.63) is 75.5 Å². The van der Waals surface area contributed by atoms with Gasteiger partial charge in [0, 0.05) is 10.4 Å². The summed E-state index contributed by atoms with van der Waals surface area (Å²) in [5.74, 6) is -0.0946. The lowest BCUT2D eigenvalue weighted by Gasteiger charge is -2.37. The second-order valence-corrected chi connectivity index (χ2v) is 7.36. The molecule has 0 saturated carbocycles. The molecule has 25 heavy (non-hydrogen) atoms. The predicted molar refractivity (Wildman–Crippen MR) is 98.2 cm³/mol. The molecule has 5 heteroatoms. The van der Waals surface area contributed by atoms with Gasteiger partial charge in [-0.1, -0.05) is 40.2 Å². The SMILES string of the molecule is COC(=O)c1ccc(C2Nc3c(F)cc(Br)cc3C3C=CCC32)cc1. The number of halogens is 2. The Morgan fingerprint density at radius 3 is 2.76 bits per heavy atom. The van der Waals surface area contributed by atoms with E-state index in [1.807, 2.05) is 18.2 Å². The smallest absolute Gasteiger partial charge is 0.337 e. The number of benzene rings is 2. The Labute approximate surface area is 154 Å². The summed E-state index contributed by atoms with van der Waals surface area (Å²) in [5.41, 5.74) is 3.11. The van der Waals surface area contributed by atoms with Crippen molar-refractivity contribution in [1.29, 1.82) is 0 Å². The van der Waals surface area contributed by atoms with Gasteiger partial charge in [0.05, 0.1) is 24.4 Å². The zero-order valence-electron chi connectivity index (χ0n) is 13.6. The van der Waals surface area contributed by atoms with Crippen molar-refractivity contribution in [2.45, 2.75) is 18.4 Å². The molecule has 4 rings (SSSR count). The van der Waals surface area contributed by atoms with E-state index < -0.39 is 0 Å². The minimum Gasteiger partial charge on any atom is -0.465 e. The van der Waals surface area contributed by atoms with Crippen LogP contribution in [0, 0.1) is 11.7 Å². The van der Waals surface area contributed by atoms with Gasteiger partial charge in [0.25, 0.3) is 0 Å². The third-order valence-electron chi connectivity index (χ3n) is 5.08. The van der Waals surface area contributed by atoms with Gasteiger partial charge in [0.2, 0.25) is 0 Å². The minimum atomic E-state index is -0.357. The van der Waals surface area contributed by atoms with E-state index in [0.717, 1.165) is 22.0 Å². The van der Waals surface area contributed by atoms with Crippen LogP contribution in [0.2, 0.25) is 0 Å². The van der Waals surface area contributed by atoms with Crippen LogP contribution < -0.4 is 5.32 Å². The Morgan fingerprint density at radius 1 is 1.28 bits per heavy atom. The van der Waals surface area contributed by atoms with Crippen molar-refractivity contribution in [1.82, 2.24) is 0 Å². The van der Waals surface area contributed by atoms with E-state index in [1.165, 1.54) is 13.2 Å². The maximum Gasteiger partial charge on any atom is 0.337 e. The summed E-state index contributed by atoms with van der Waals surface area (Å²) in [4.78, 5) is 11.6. The van der Waals surface area contributed by atoms with E-state index in [-0.39, 0.29) is 23.7 Å². The number of fused-ring (bicyclic) bond motifs is 3. The van der Waals surface area contributed by atoms with Gasteiger partial charge in [-0.25, -0.2) is 9.18 Å². The van der Waals surface area contributed by atoms with Crippen LogP contribution in [-0.2, 0) is 4.74 Å². The summed E-state index contributed by atoms with van der Waals surface area (Å²) >= 11 is 3.39. The van der Waals surface area contributed by atoms with E-state index in [9.17, 15) is 9.18 Å². The van der Waals surface area contributed by atoms with Crippen molar-refractivity contribution in [3.8, 4) is 0 Å². The molecule has 128 valence electrons. The first-order chi connectivity index (χ1) is 12.1. The van der Waals surface area contributed by atoms with Crippen molar-refractivity contribution < 1.29 is 13.9 Å². The summed E-state index contributed by atoms with van der Waals surface area (Å²) in [7, 11) is 1.37. The van der Waals surface area contributed by atoms with Gasteiger partial charge in [-0.15, -0.1) is 0 Å². The normalized spacial score (nSPS) is 23.6. The van der Waals surface area contributed by atoms with Crippen molar-refractivity contribution in [2.24, 2.45) is 5.92 Å². The van der Waals surface area contributed by atoms with Gasteiger partial charge in [-0.2, -0.15) is 0 Å². The third kappa shape index (κ3) is 2.76. The number of methoxy groups -OCH3 is 1. The number of carbonyl (C=O) groups excluding carboxylic acids is 1. The van der Waals surface area contributed by atoms with Crippen LogP contribution >= 0.6 is 15.9 Å². The predicted octanol–water partition coefficient (Wildman–Crippen LogP) is 5.20. The van der Waals surface area contributed by atoms with Crippen LogP contribution in [-0.4, -0.2) is 13.1 Å². The van der Waals surface area contributed by atoms with Gasteiger partial charge in [-0.05, 0) is 47.7 Å². The van der Waals surface area contributed by atoms with E-state index in [2.05, 4.69) is 33.4 Å². The van der Waals surface area contributed by atoms with E-state index in [1.54, 1.807) is 12.1 Å². The summed E-state index contributed by atoms with van der Waals surface area (Å²) < 4.78 is 20.0. The molecule has 1 aliphatic carbocycles. The van der Waals surface area contributed by atoms with Crippen molar-refractivity contribution in [3.63, 3.8) is 0 Å². The lowest BCUT2D eigenvalue weighted by molar-refractivity contribution is 0.0600. The van der Waals surface area contributed by atoms with Gasteiger partial charge in [0.1, 0.15) is 5.82 Å². The molecular weight excluding hydrogens is 385 g/mol. The molecule has 2 aliphatic rings. The zero-order valence-corrected chi connectivity index (χ0v) is 15.2. The quantitative estimate of drug-likeness (QED) is 0.554. The Bertz CT molecular complexity index is 863. The molecular formula is C20H17BrFNO2. The molecule has 2 aromatic carbocycles. The molecule has 0 amide bonds. The highest BCUT2D eigenvalue weighted by molar-refractivity contribution is 9.10. The van der Waals surface area contributed by atoms with Crippen LogP contribution in [0.4, 0.5) is 10.1 Å². The molecule has 0 fully saturated rings. The molecule has 0 bridgehead atoms. The first kappa shape index (κ1) is 16.3. The lowest BCUT2D eigenvalue weighted by Crippen LogP contribution is -2.29. The zero-order chi connectivity index (χ0) is 17.6. The monoisotopic (exact) mass is 401 g/mol. The largest absolute Gasteiger partial charge is 0.465 e. The number of anilines is 1. The number of rotatable bonds is 2. The fraction of sp³-hybridized carbons (Fsp3) is 0.250. The lowest BCUT2D eigenvalue weighted by atomic mass is 9.77. The van der Waals surface area contributed by atoms with Gasteiger partial charge in [0.15, 0.2) is 0 Å². The topological polar surface area (TPSA) is 38.3 Å². The van der Waals surface area contributed by atoms with Crippen LogP contribution in [0.15, 0.2) is 53.0 Å². The number of allylic oxidation sites excluding steroid dienone is 2. The van der Waals surface area contributed by atoms with E-state index in [4.69, 9.17) is 4.74 Å². The number of nitrogens with one attached hydrogen (secondary N) is 1. The molecule has 3 atom stereocenters. The molecule has 0 saturated heterocycles. The standard InChI is InChI=1S/C20H17BrFNO2/c1-25-20(24)12-7-5-11(6-8-12)18-15-4-2-3-14(15)16-9-13(21)10-17(22)19(16)23-18/h2-3,5-10,14-15,18,23H,4H2,1H3. The molecule has 3 nitrogen and oxygen atoms in total. The Kier molecular flexibility index (Phi) is 4.12. The highest BCUT2D eigenvalue weighted by Gasteiger charge is 2.39. The molecule has 1 aliphatic heterocycles. The van der Waals surface area contributed by atoms with Crippen LogP contribution in [0.5, 0.6) is 0 Å². The molecule has 3 unspecified atom stereocenters. The number of carbonyl (C=O) groups is 1. The fourth-order valence-corrected chi connectivity index (χ4v) is 4.34. The second kappa shape index (κ2) is 6.30. The Morgan fingerprint density at radius 2 is 2.04 bits per heavy atom. The van der Waals surface area contributed by atoms with E-state index >= 15 is 0 Å². The number of hydrogen-bond donors (Lipinski definition) is 1. The molecule has 0 aromatic heterocycles. The Balaban J connectivity index is 1.73. The average Bonchev–Trinajstić information content (AvgIpc) is 3.11. The van der Waals surface area contributed by atoms with Crippen molar-refractivity contribution >= 4 is 27.6 Å². The van der Waals surface area contributed by atoms with Crippen LogP contribution in [0.25, 0.3) is 0 Å². The molecule has 0 spiro atoms. The molecule has 1 N–H and O–H groups in total. The molecule has 2 aromatic rings. The first-order valence-electron chi connectivity index (χ1n) is 8.19. The first-order valence-corrected chi connectivity index (χ1v) is 8.98.